The number of aromatic amines is 1. The van der Waals surface area contributed by atoms with Gasteiger partial charge in [-0.3, -0.25) is 0 Å². The van der Waals surface area contributed by atoms with Crippen molar-refractivity contribution < 1.29 is 19.1 Å². The Morgan fingerprint density at radius 1 is 1.55 bits per heavy atom. The zero-order chi connectivity index (χ0) is 14.4. The number of nitrogens with zero attached hydrogens (tertiary/aromatic N) is 2. The molecule has 8 heteroatoms. The lowest BCUT2D eigenvalue weighted by Crippen LogP contribution is -2.52. The van der Waals surface area contributed by atoms with Crippen molar-refractivity contribution in [1.29, 1.82) is 0 Å². The molecule has 0 aliphatic carbocycles. The number of nitrogens with one attached hydrogen (secondary N) is 2. The molecule has 2 rings (SSSR count). The SMILES string of the molecule is COC(=O)[C@H](Cc1cnc[nH]1)NC(=O)N1CCOCC1. The number of H-pyrrole nitrogens is 1. The third-order valence-electron chi connectivity index (χ3n) is 3.06. The Morgan fingerprint density at radius 2 is 2.30 bits per heavy atom. The smallest absolute Gasteiger partial charge is 0.328 e. The van der Waals surface area contributed by atoms with Crippen LogP contribution in [0, 0.1) is 0 Å². The number of hydrogen-bond donors (Lipinski definition) is 2. The van der Waals surface area contributed by atoms with E-state index in [9.17, 15) is 9.59 Å². The number of rotatable bonds is 4. The molecule has 1 fully saturated rings. The highest BCUT2D eigenvalue weighted by molar-refractivity contribution is 5.83. The van der Waals surface area contributed by atoms with E-state index in [2.05, 4.69) is 15.3 Å². The summed E-state index contributed by atoms with van der Waals surface area (Å²) in [7, 11) is 1.29. The Hall–Kier alpha value is -2.09. The first-order valence-corrected chi connectivity index (χ1v) is 6.39. The molecule has 1 atom stereocenters. The molecule has 2 N–H and O–H groups in total. The lowest BCUT2D eigenvalue weighted by molar-refractivity contribution is -0.142. The van der Waals surface area contributed by atoms with E-state index in [1.807, 2.05) is 0 Å². The van der Waals surface area contributed by atoms with Gasteiger partial charge in [0, 0.05) is 31.4 Å². The fraction of sp³-hybridized carbons (Fsp3) is 0.583. The Bertz CT molecular complexity index is 442. The number of hydrogen-bond acceptors (Lipinski definition) is 5. The van der Waals surface area contributed by atoms with Crippen LogP contribution in [-0.2, 0) is 20.7 Å². The summed E-state index contributed by atoms with van der Waals surface area (Å²) < 4.78 is 9.90. The van der Waals surface area contributed by atoms with E-state index in [1.54, 1.807) is 11.1 Å². The second kappa shape index (κ2) is 6.90. The third kappa shape index (κ3) is 3.70. The molecule has 0 saturated carbocycles. The maximum atomic E-state index is 12.1. The van der Waals surface area contributed by atoms with Gasteiger partial charge in [0.25, 0.3) is 0 Å². The van der Waals surface area contributed by atoms with Gasteiger partial charge in [-0.05, 0) is 0 Å². The number of imidazole rings is 1. The third-order valence-corrected chi connectivity index (χ3v) is 3.06. The molecule has 110 valence electrons. The number of ether oxygens (including phenoxy) is 2. The average molecular weight is 282 g/mol. The maximum absolute atomic E-state index is 12.1. The van der Waals surface area contributed by atoms with Crippen LogP contribution >= 0.6 is 0 Å². The summed E-state index contributed by atoms with van der Waals surface area (Å²) in [5.74, 6) is -0.485. The Morgan fingerprint density at radius 3 is 2.90 bits per heavy atom. The Balaban J connectivity index is 1.96. The molecular formula is C12H18N4O4. The predicted octanol–water partition coefficient (Wildman–Crippen LogP) is -0.464. The van der Waals surface area contributed by atoms with E-state index in [1.165, 1.54) is 13.4 Å². The van der Waals surface area contributed by atoms with Crippen molar-refractivity contribution in [3.8, 4) is 0 Å². The number of aromatic nitrogens is 2. The molecule has 1 aliphatic heterocycles. The predicted molar refractivity (Wildman–Crippen MR) is 69.0 cm³/mol. The minimum Gasteiger partial charge on any atom is -0.467 e. The fourth-order valence-corrected chi connectivity index (χ4v) is 1.96. The van der Waals surface area contributed by atoms with Crippen molar-refractivity contribution in [1.82, 2.24) is 20.2 Å². The summed E-state index contributed by atoms with van der Waals surface area (Å²) in [6.45, 7) is 2.06. The molecular weight excluding hydrogens is 264 g/mol. The molecule has 0 unspecified atom stereocenters. The van der Waals surface area contributed by atoms with E-state index in [0.29, 0.717) is 32.7 Å². The van der Waals surface area contributed by atoms with E-state index < -0.39 is 12.0 Å². The van der Waals surface area contributed by atoms with Crippen LogP contribution in [-0.4, -0.2) is 66.3 Å². The van der Waals surface area contributed by atoms with E-state index in [-0.39, 0.29) is 6.03 Å². The summed E-state index contributed by atoms with van der Waals surface area (Å²) in [5.41, 5.74) is 0.752. The number of morpholine rings is 1. The first kappa shape index (κ1) is 14.3. The lowest BCUT2D eigenvalue weighted by Gasteiger charge is -2.28. The monoisotopic (exact) mass is 282 g/mol. The normalized spacial score (nSPS) is 16.6. The van der Waals surface area contributed by atoms with Crippen molar-refractivity contribution in [2.75, 3.05) is 33.4 Å². The van der Waals surface area contributed by atoms with Gasteiger partial charge in [-0.1, -0.05) is 0 Å². The Kier molecular flexibility index (Phi) is 4.94. The van der Waals surface area contributed by atoms with Crippen LogP contribution in [0.3, 0.4) is 0 Å². The molecule has 0 bridgehead atoms. The van der Waals surface area contributed by atoms with Gasteiger partial charge in [0.1, 0.15) is 6.04 Å². The maximum Gasteiger partial charge on any atom is 0.328 e. The number of methoxy groups -OCH3 is 1. The Labute approximate surface area is 116 Å². The van der Waals surface area contributed by atoms with Gasteiger partial charge in [0.15, 0.2) is 0 Å². The van der Waals surface area contributed by atoms with Crippen molar-refractivity contribution in [2.24, 2.45) is 0 Å². The van der Waals surface area contributed by atoms with E-state index >= 15 is 0 Å². The molecule has 1 aliphatic rings. The molecule has 2 amide bonds. The number of urea groups is 1. The van der Waals surface area contributed by atoms with Gasteiger partial charge in [0.05, 0.1) is 26.7 Å². The molecule has 0 spiro atoms. The van der Waals surface area contributed by atoms with Crippen molar-refractivity contribution in [2.45, 2.75) is 12.5 Å². The van der Waals surface area contributed by atoms with Crippen LogP contribution in [0.4, 0.5) is 4.79 Å². The second-order valence-corrected chi connectivity index (χ2v) is 4.41. The zero-order valence-corrected chi connectivity index (χ0v) is 11.3. The summed E-state index contributed by atoms with van der Waals surface area (Å²) in [6, 6.07) is -1.03. The highest BCUT2D eigenvalue weighted by Crippen LogP contribution is 2.03. The van der Waals surface area contributed by atoms with Gasteiger partial charge >= 0.3 is 12.0 Å². The molecule has 0 radical (unpaired) electrons. The standard InChI is InChI=1S/C12H18N4O4/c1-19-11(17)10(6-9-7-13-8-14-9)15-12(18)16-2-4-20-5-3-16/h7-8,10H,2-6H2,1H3,(H,13,14)(H,15,18)/t10-/m0/s1. The summed E-state index contributed by atoms with van der Waals surface area (Å²) in [4.78, 5) is 32.2. The molecule has 8 nitrogen and oxygen atoms in total. The molecule has 1 aromatic heterocycles. The highest BCUT2D eigenvalue weighted by atomic mass is 16.5. The number of esters is 1. The largest absolute Gasteiger partial charge is 0.467 e. The quantitative estimate of drug-likeness (QED) is 0.728. The molecule has 20 heavy (non-hydrogen) atoms. The van der Waals surface area contributed by atoms with Gasteiger partial charge in [-0.25, -0.2) is 14.6 Å². The minimum absolute atomic E-state index is 0.289. The van der Waals surface area contributed by atoms with Crippen LogP contribution in [0.1, 0.15) is 5.69 Å². The van der Waals surface area contributed by atoms with Gasteiger partial charge < -0.3 is 24.7 Å². The van der Waals surface area contributed by atoms with E-state index in [0.717, 1.165) is 5.69 Å². The first-order valence-electron chi connectivity index (χ1n) is 6.39. The second-order valence-electron chi connectivity index (χ2n) is 4.41. The first-order chi connectivity index (χ1) is 9.70. The van der Waals surface area contributed by atoms with Gasteiger partial charge in [0.2, 0.25) is 0 Å². The lowest BCUT2D eigenvalue weighted by atomic mass is 10.1. The summed E-state index contributed by atoms with van der Waals surface area (Å²) in [5, 5.41) is 2.68. The fourth-order valence-electron chi connectivity index (χ4n) is 1.96. The number of carbonyl (C=O) groups excluding carboxylic acids is 2. The van der Waals surface area contributed by atoms with Crippen molar-refractivity contribution in [3.05, 3.63) is 18.2 Å². The van der Waals surface area contributed by atoms with Crippen LogP contribution < -0.4 is 5.32 Å². The average Bonchev–Trinajstić information content (AvgIpc) is 2.99. The summed E-state index contributed by atoms with van der Waals surface area (Å²) in [6.07, 6.45) is 3.44. The van der Waals surface area contributed by atoms with Gasteiger partial charge in [-0.15, -0.1) is 0 Å². The minimum atomic E-state index is -0.740. The zero-order valence-electron chi connectivity index (χ0n) is 11.3. The number of carbonyl (C=O) groups is 2. The van der Waals surface area contributed by atoms with E-state index in [4.69, 9.17) is 9.47 Å². The van der Waals surface area contributed by atoms with Crippen molar-refractivity contribution >= 4 is 12.0 Å². The summed E-state index contributed by atoms with van der Waals surface area (Å²) >= 11 is 0. The molecule has 1 aromatic rings. The highest BCUT2D eigenvalue weighted by Gasteiger charge is 2.25. The van der Waals surface area contributed by atoms with Crippen LogP contribution in [0.15, 0.2) is 12.5 Å². The number of amides is 2. The molecule has 0 aromatic carbocycles. The van der Waals surface area contributed by atoms with Crippen LogP contribution in [0.25, 0.3) is 0 Å². The van der Waals surface area contributed by atoms with Gasteiger partial charge in [-0.2, -0.15) is 0 Å². The molecule has 1 saturated heterocycles. The van der Waals surface area contributed by atoms with Crippen LogP contribution in [0.2, 0.25) is 0 Å². The van der Waals surface area contributed by atoms with Crippen LogP contribution in [0.5, 0.6) is 0 Å². The topological polar surface area (TPSA) is 96.5 Å². The van der Waals surface area contributed by atoms with Crippen molar-refractivity contribution in [3.63, 3.8) is 0 Å². The molecule has 2 heterocycles.